The fourth-order valence-electron chi connectivity index (χ4n) is 9.98. The normalized spacial score (nSPS) is 18.2. The first-order valence-electron chi connectivity index (χ1n) is 22.0. The zero-order valence-electron chi connectivity index (χ0n) is 36.0. The monoisotopic (exact) mass is 823 g/mol. The number of ether oxygens (including phenoxy) is 2. The Morgan fingerprint density at radius 1 is 0.623 bits per heavy atom. The molecule has 9 rings (SSSR count). The molecular weight excluding hydrogens is 768 g/mol. The van der Waals surface area contributed by atoms with E-state index >= 15 is 0 Å². The number of allylic oxidation sites excluding steroid dienone is 8. The predicted octanol–water partition coefficient (Wildman–Crippen LogP) is 14.1. The number of hydrogen-bond acceptors (Lipinski definition) is 3. The SMILES string of the molecule is CC1(C)C(=CC=C2CCCC(C=CC3=[N+](CCCOc4ccccc4)c4ccc5ccccc5c4C3(C)C)=C2Cl)N(CCCOc2ccccc2)c2ccc3ccccc3c21. The Morgan fingerprint density at radius 3 is 1.92 bits per heavy atom. The standard InChI is InChI=1S/C56H56ClN2O2/c1-55(2)50(58(36-16-38-60-44-22-7-5-8-23-44)48-32-28-40-18-11-13-26-46(40)52(48)55)34-30-42-20-15-21-43(54(42)57)31-35-51-56(3,4)53-47-27-14-12-19-41(47)29-33-49(53)59(51)37-17-39-61-45-24-9-6-10-25-45/h5-14,18-19,22-35H,15-17,20-21,36-39H2,1-4H3/q+1. The highest BCUT2D eigenvalue weighted by molar-refractivity contribution is 6.32. The summed E-state index contributed by atoms with van der Waals surface area (Å²) in [6.07, 6.45) is 14.1. The lowest BCUT2D eigenvalue weighted by Crippen LogP contribution is -2.28. The summed E-state index contributed by atoms with van der Waals surface area (Å²) in [6, 6.07) is 47.0. The molecule has 308 valence electrons. The quantitative estimate of drug-likeness (QED) is 0.0857. The van der Waals surface area contributed by atoms with Crippen LogP contribution >= 0.6 is 11.6 Å². The largest absolute Gasteiger partial charge is 0.494 e. The van der Waals surface area contributed by atoms with Crippen LogP contribution in [0.2, 0.25) is 0 Å². The molecule has 61 heavy (non-hydrogen) atoms. The number of anilines is 1. The van der Waals surface area contributed by atoms with E-state index in [1.54, 1.807) is 0 Å². The summed E-state index contributed by atoms with van der Waals surface area (Å²) >= 11 is 7.45. The molecule has 5 heteroatoms. The average molecular weight is 825 g/mol. The summed E-state index contributed by atoms with van der Waals surface area (Å²) in [5.74, 6) is 1.82. The Balaban J connectivity index is 1.03. The summed E-state index contributed by atoms with van der Waals surface area (Å²) in [5, 5.41) is 6.05. The van der Waals surface area contributed by atoms with E-state index < -0.39 is 0 Å². The second-order valence-corrected chi connectivity index (χ2v) is 18.0. The van der Waals surface area contributed by atoms with Crippen LogP contribution < -0.4 is 14.4 Å². The molecule has 3 aliphatic rings. The highest BCUT2D eigenvalue weighted by Gasteiger charge is 2.45. The fraction of sp³-hybridized carbons (Fsp3) is 0.268. The van der Waals surface area contributed by atoms with E-state index in [1.165, 1.54) is 66.6 Å². The number of para-hydroxylation sites is 2. The molecular formula is C56H56ClN2O2+. The molecule has 0 bridgehead atoms. The van der Waals surface area contributed by atoms with Gasteiger partial charge in [0.2, 0.25) is 5.69 Å². The Bertz CT molecular complexity index is 2740. The van der Waals surface area contributed by atoms with E-state index in [2.05, 4.69) is 134 Å². The van der Waals surface area contributed by atoms with Gasteiger partial charge in [0.25, 0.3) is 0 Å². The third kappa shape index (κ3) is 7.95. The zero-order chi connectivity index (χ0) is 42.0. The van der Waals surface area contributed by atoms with Crippen molar-refractivity contribution in [2.75, 3.05) is 31.2 Å². The smallest absolute Gasteiger partial charge is 0.210 e. The number of benzene rings is 6. The first kappa shape index (κ1) is 40.6. The number of hydrogen-bond donors (Lipinski definition) is 0. The van der Waals surface area contributed by atoms with E-state index in [-0.39, 0.29) is 10.8 Å². The van der Waals surface area contributed by atoms with Crippen molar-refractivity contribution in [2.45, 2.75) is 70.6 Å². The Kier molecular flexibility index (Phi) is 11.5. The molecule has 0 fully saturated rings. The minimum absolute atomic E-state index is 0.208. The van der Waals surface area contributed by atoms with E-state index in [0.29, 0.717) is 13.2 Å². The van der Waals surface area contributed by atoms with Crippen LogP contribution in [0.3, 0.4) is 0 Å². The highest BCUT2D eigenvalue weighted by Crippen LogP contribution is 2.51. The van der Waals surface area contributed by atoms with Crippen molar-refractivity contribution >= 4 is 50.2 Å². The van der Waals surface area contributed by atoms with Gasteiger partial charge in [-0.05, 0) is 120 Å². The lowest BCUT2D eigenvalue weighted by Gasteiger charge is -2.27. The van der Waals surface area contributed by atoms with Gasteiger partial charge in [0.1, 0.15) is 11.5 Å². The molecule has 0 saturated carbocycles. The third-order valence-corrected chi connectivity index (χ3v) is 13.4. The summed E-state index contributed by atoms with van der Waals surface area (Å²) in [6.45, 7) is 12.5. The number of nitrogens with zero attached hydrogens (tertiary/aromatic N) is 2. The zero-order valence-corrected chi connectivity index (χ0v) is 36.7. The Hall–Kier alpha value is -5.84. The van der Waals surface area contributed by atoms with Crippen LogP contribution in [0.15, 0.2) is 180 Å². The third-order valence-electron chi connectivity index (χ3n) is 12.9. The van der Waals surface area contributed by atoms with Crippen molar-refractivity contribution in [1.82, 2.24) is 0 Å². The summed E-state index contributed by atoms with van der Waals surface area (Å²) in [4.78, 5) is 2.52. The van der Waals surface area contributed by atoms with Gasteiger partial charge in [0, 0.05) is 52.5 Å². The van der Waals surface area contributed by atoms with Gasteiger partial charge < -0.3 is 14.4 Å². The molecule has 0 N–H and O–H groups in total. The molecule has 6 aromatic carbocycles. The molecule has 0 amide bonds. The highest BCUT2D eigenvalue weighted by atomic mass is 35.5. The number of rotatable bonds is 13. The molecule has 2 aliphatic heterocycles. The summed E-state index contributed by atoms with van der Waals surface area (Å²) in [5.41, 5.74) is 9.89. The van der Waals surface area contributed by atoms with Crippen molar-refractivity contribution in [3.05, 3.63) is 191 Å². The van der Waals surface area contributed by atoms with Crippen molar-refractivity contribution in [1.29, 1.82) is 0 Å². The van der Waals surface area contributed by atoms with Gasteiger partial charge in [-0.3, -0.25) is 0 Å². The molecule has 0 aromatic heterocycles. The van der Waals surface area contributed by atoms with Gasteiger partial charge in [0.15, 0.2) is 12.3 Å². The van der Waals surface area contributed by atoms with Gasteiger partial charge in [0.05, 0.1) is 18.6 Å². The summed E-state index contributed by atoms with van der Waals surface area (Å²) < 4.78 is 14.8. The fourth-order valence-corrected chi connectivity index (χ4v) is 10.3. The molecule has 1 aliphatic carbocycles. The minimum atomic E-state index is -0.208. The van der Waals surface area contributed by atoms with E-state index in [0.717, 1.165) is 61.7 Å². The number of fused-ring (bicyclic) bond motifs is 6. The maximum atomic E-state index is 7.45. The molecule has 0 spiro atoms. The number of halogens is 1. The van der Waals surface area contributed by atoms with Crippen LogP contribution in [0.5, 0.6) is 11.5 Å². The van der Waals surface area contributed by atoms with Crippen LogP contribution in [0.1, 0.15) is 70.9 Å². The van der Waals surface area contributed by atoms with Gasteiger partial charge >= 0.3 is 0 Å². The molecule has 2 heterocycles. The molecule has 0 atom stereocenters. The van der Waals surface area contributed by atoms with Gasteiger partial charge in [-0.2, -0.15) is 4.58 Å². The van der Waals surface area contributed by atoms with Crippen molar-refractivity contribution in [2.24, 2.45) is 0 Å². The van der Waals surface area contributed by atoms with Gasteiger partial charge in [-0.15, -0.1) is 0 Å². The average Bonchev–Trinajstić information content (AvgIpc) is 3.64. The van der Waals surface area contributed by atoms with E-state index in [4.69, 9.17) is 21.1 Å². The molecule has 6 aromatic rings. The minimum Gasteiger partial charge on any atom is -0.494 e. The Labute approximate surface area is 366 Å². The van der Waals surface area contributed by atoms with E-state index in [1.807, 2.05) is 60.7 Å². The second kappa shape index (κ2) is 17.3. The second-order valence-electron chi connectivity index (χ2n) is 17.6. The first-order valence-corrected chi connectivity index (χ1v) is 22.4. The molecule has 0 unspecified atom stereocenters. The van der Waals surface area contributed by atoms with Crippen LogP contribution in [0.4, 0.5) is 11.4 Å². The lowest BCUT2D eigenvalue weighted by atomic mass is 9.78. The molecule has 0 saturated heterocycles. The van der Waals surface area contributed by atoms with Crippen LogP contribution in [-0.4, -0.2) is 36.6 Å². The predicted molar refractivity (Wildman–Crippen MR) is 256 cm³/mol. The van der Waals surface area contributed by atoms with Crippen LogP contribution in [0, 0.1) is 0 Å². The summed E-state index contributed by atoms with van der Waals surface area (Å²) in [7, 11) is 0. The van der Waals surface area contributed by atoms with E-state index in [9.17, 15) is 0 Å². The van der Waals surface area contributed by atoms with Crippen molar-refractivity contribution in [3.8, 4) is 11.5 Å². The van der Waals surface area contributed by atoms with Gasteiger partial charge in [-0.25, -0.2) is 0 Å². The maximum absolute atomic E-state index is 7.45. The van der Waals surface area contributed by atoms with Crippen molar-refractivity contribution in [3.63, 3.8) is 0 Å². The van der Waals surface area contributed by atoms with Gasteiger partial charge in [-0.1, -0.05) is 129 Å². The van der Waals surface area contributed by atoms with Crippen LogP contribution in [0.25, 0.3) is 21.5 Å². The van der Waals surface area contributed by atoms with Crippen molar-refractivity contribution < 1.29 is 14.0 Å². The topological polar surface area (TPSA) is 24.7 Å². The lowest BCUT2D eigenvalue weighted by molar-refractivity contribution is -0.438. The Morgan fingerprint density at radius 2 is 1.23 bits per heavy atom. The first-order chi connectivity index (χ1) is 29.7. The van der Waals surface area contributed by atoms with Crippen LogP contribution in [-0.2, 0) is 10.8 Å². The maximum Gasteiger partial charge on any atom is 0.210 e. The molecule has 4 nitrogen and oxygen atoms in total. The molecule has 0 radical (unpaired) electrons.